The number of hydrogen-bond acceptors (Lipinski definition) is 5. The molecule has 2 aromatic carbocycles. The summed E-state index contributed by atoms with van der Waals surface area (Å²) in [6, 6.07) is 14.4. The first kappa shape index (κ1) is 27.2. The van der Waals surface area contributed by atoms with Crippen LogP contribution in [0.25, 0.3) is 16.9 Å². The lowest BCUT2D eigenvalue weighted by Gasteiger charge is -2.21. The summed E-state index contributed by atoms with van der Waals surface area (Å²) in [5.74, 6) is 1.41. The number of benzene rings is 2. The summed E-state index contributed by atoms with van der Waals surface area (Å²) in [5, 5.41) is 8.70. The predicted octanol–water partition coefficient (Wildman–Crippen LogP) is 6.96. The molecule has 4 aromatic rings. The number of rotatable bonds is 9. The lowest BCUT2D eigenvalue weighted by Crippen LogP contribution is -2.14. The van der Waals surface area contributed by atoms with Crippen LogP contribution >= 0.6 is 0 Å². The number of ketones is 1. The number of methoxy groups -OCH3 is 1. The highest BCUT2D eigenvalue weighted by molar-refractivity contribution is 5.98. The maximum Gasteiger partial charge on any atom is 0.167 e. The standard InChI is InChI=1S/C32H38N4O2/c1-21(2)8-10-23-12-25(16-27(13-23)32(4,5)6)31(37)15-24-11-9-22(3)30(14-24)36-20-29(34-35-36)26-17-28(38-7)19-33-18-26/h9,11-14,16-21H,8,10,15H2,1-7H3. The minimum absolute atomic E-state index is 0.0248. The molecule has 0 aliphatic carbocycles. The van der Waals surface area contributed by atoms with Crippen molar-refractivity contribution < 1.29 is 9.53 Å². The number of ether oxygens (including phenoxy) is 1. The van der Waals surface area contributed by atoms with Crippen LogP contribution in [0.15, 0.2) is 61.1 Å². The van der Waals surface area contributed by atoms with Gasteiger partial charge in [-0.25, -0.2) is 4.68 Å². The zero-order chi connectivity index (χ0) is 27.4. The zero-order valence-corrected chi connectivity index (χ0v) is 23.6. The number of nitrogens with zero attached hydrogens (tertiary/aromatic N) is 4. The van der Waals surface area contributed by atoms with Crippen molar-refractivity contribution in [2.24, 2.45) is 5.92 Å². The normalized spacial score (nSPS) is 11.7. The fraction of sp³-hybridized carbons (Fsp3) is 0.375. The lowest BCUT2D eigenvalue weighted by molar-refractivity contribution is 0.0992. The Labute approximate surface area is 226 Å². The van der Waals surface area contributed by atoms with Gasteiger partial charge in [0.15, 0.2) is 5.78 Å². The van der Waals surface area contributed by atoms with Crippen molar-refractivity contribution in [3.63, 3.8) is 0 Å². The SMILES string of the molecule is COc1cncc(-c2cn(-c3cc(CC(=O)c4cc(CCC(C)C)cc(C(C)(C)C)c4)ccc3C)nn2)c1. The summed E-state index contributed by atoms with van der Waals surface area (Å²) >= 11 is 0. The molecule has 0 radical (unpaired) electrons. The van der Waals surface area contributed by atoms with Crippen molar-refractivity contribution in [1.29, 1.82) is 0 Å². The molecule has 0 bridgehead atoms. The molecule has 0 aliphatic rings. The molecule has 4 rings (SSSR count). The van der Waals surface area contributed by atoms with Crippen molar-refractivity contribution >= 4 is 5.78 Å². The molecule has 0 atom stereocenters. The van der Waals surface area contributed by atoms with Gasteiger partial charge in [-0.2, -0.15) is 0 Å². The third-order valence-electron chi connectivity index (χ3n) is 6.81. The molecular formula is C32H38N4O2. The van der Waals surface area contributed by atoms with Gasteiger partial charge < -0.3 is 4.74 Å². The van der Waals surface area contributed by atoms with Crippen LogP contribution in [0.2, 0.25) is 0 Å². The molecule has 198 valence electrons. The van der Waals surface area contributed by atoms with E-state index in [2.05, 4.69) is 68.1 Å². The van der Waals surface area contributed by atoms with Crippen LogP contribution in [0, 0.1) is 12.8 Å². The van der Waals surface area contributed by atoms with E-state index in [-0.39, 0.29) is 11.2 Å². The Morgan fingerprint density at radius 3 is 2.53 bits per heavy atom. The number of hydrogen-bond donors (Lipinski definition) is 0. The van der Waals surface area contributed by atoms with Crippen molar-refractivity contribution in [1.82, 2.24) is 20.0 Å². The van der Waals surface area contributed by atoms with Gasteiger partial charge in [0.05, 0.1) is 25.2 Å². The molecule has 0 spiro atoms. The molecule has 0 aliphatic heterocycles. The zero-order valence-electron chi connectivity index (χ0n) is 23.6. The Morgan fingerprint density at radius 1 is 1.03 bits per heavy atom. The second-order valence-electron chi connectivity index (χ2n) is 11.5. The summed E-state index contributed by atoms with van der Waals surface area (Å²) in [7, 11) is 1.61. The summed E-state index contributed by atoms with van der Waals surface area (Å²) in [5.41, 5.74) is 7.61. The number of Topliss-reactive ketones (excluding diaryl/α,β-unsaturated/α-hetero) is 1. The van der Waals surface area contributed by atoms with Gasteiger partial charge in [-0.1, -0.05) is 58.0 Å². The minimum Gasteiger partial charge on any atom is -0.495 e. The van der Waals surface area contributed by atoms with E-state index in [4.69, 9.17) is 4.74 Å². The fourth-order valence-corrected chi connectivity index (χ4v) is 4.37. The minimum atomic E-state index is -0.0248. The smallest absolute Gasteiger partial charge is 0.167 e. The third-order valence-corrected chi connectivity index (χ3v) is 6.81. The second-order valence-corrected chi connectivity index (χ2v) is 11.5. The first-order chi connectivity index (χ1) is 18.0. The quantitative estimate of drug-likeness (QED) is 0.228. The highest BCUT2D eigenvalue weighted by atomic mass is 16.5. The van der Waals surface area contributed by atoms with Gasteiger partial charge in [0.25, 0.3) is 0 Å². The molecule has 2 aromatic heterocycles. The van der Waals surface area contributed by atoms with E-state index in [1.165, 1.54) is 11.1 Å². The van der Waals surface area contributed by atoms with Gasteiger partial charge in [-0.15, -0.1) is 5.10 Å². The van der Waals surface area contributed by atoms with Gasteiger partial charge in [-0.3, -0.25) is 9.78 Å². The molecule has 0 saturated heterocycles. The molecule has 2 heterocycles. The van der Waals surface area contributed by atoms with E-state index in [1.54, 1.807) is 24.2 Å². The van der Waals surface area contributed by atoms with E-state index in [0.717, 1.165) is 40.8 Å². The summed E-state index contributed by atoms with van der Waals surface area (Å²) in [6.45, 7) is 13.1. The van der Waals surface area contributed by atoms with E-state index in [9.17, 15) is 4.79 Å². The highest BCUT2D eigenvalue weighted by Gasteiger charge is 2.19. The van der Waals surface area contributed by atoms with Crippen LogP contribution in [0.3, 0.4) is 0 Å². The van der Waals surface area contributed by atoms with Crippen LogP contribution in [0.1, 0.15) is 73.7 Å². The number of aryl methyl sites for hydroxylation is 2. The monoisotopic (exact) mass is 510 g/mol. The topological polar surface area (TPSA) is 69.9 Å². The maximum absolute atomic E-state index is 13.5. The van der Waals surface area contributed by atoms with E-state index < -0.39 is 0 Å². The van der Waals surface area contributed by atoms with Gasteiger partial charge in [0.1, 0.15) is 11.4 Å². The van der Waals surface area contributed by atoms with Gasteiger partial charge in [-0.05, 0) is 77.6 Å². The van der Waals surface area contributed by atoms with Crippen molar-refractivity contribution in [3.05, 3.63) is 88.9 Å². The maximum atomic E-state index is 13.5. The first-order valence-corrected chi connectivity index (χ1v) is 13.2. The average molecular weight is 511 g/mol. The Balaban J connectivity index is 1.60. The van der Waals surface area contributed by atoms with Crippen LogP contribution in [-0.2, 0) is 18.3 Å². The van der Waals surface area contributed by atoms with Crippen LogP contribution < -0.4 is 4.74 Å². The van der Waals surface area contributed by atoms with Crippen molar-refractivity contribution in [2.75, 3.05) is 7.11 Å². The van der Waals surface area contributed by atoms with E-state index in [1.807, 2.05) is 37.4 Å². The van der Waals surface area contributed by atoms with E-state index >= 15 is 0 Å². The first-order valence-electron chi connectivity index (χ1n) is 13.2. The summed E-state index contributed by atoms with van der Waals surface area (Å²) in [4.78, 5) is 17.7. The Hall–Kier alpha value is -3.80. The molecule has 0 amide bonds. The van der Waals surface area contributed by atoms with Gasteiger partial charge in [0, 0.05) is 23.7 Å². The Bertz CT molecular complexity index is 1430. The molecule has 0 N–H and O–H groups in total. The summed E-state index contributed by atoms with van der Waals surface area (Å²) < 4.78 is 7.04. The predicted molar refractivity (Wildman–Crippen MR) is 152 cm³/mol. The molecule has 0 saturated carbocycles. The molecule has 6 nitrogen and oxygen atoms in total. The lowest BCUT2D eigenvalue weighted by atomic mass is 9.83. The highest BCUT2D eigenvalue weighted by Crippen LogP contribution is 2.27. The van der Waals surface area contributed by atoms with Crippen molar-refractivity contribution in [3.8, 4) is 22.7 Å². The summed E-state index contributed by atoms with van der Waals surface area (Å²) in [6.07, 6.45) is 7.68. The Kier molecular flexibility index (Phi) is 8.10. The fourth-order valence-electron chi connectivity index (χ4n) is 4.37. The molecule has 0 fully saturated rings. The number of pyridine rings is 1. The number of aromatic nitrogens is 4. The number of carbonyl (C=O) groups excluding carboxylic acids is 1. The molecular weight excluding hydrogens is 472 g/mol. The largest absolute Gasteiger partial charge is 0.495 e. The van der Waals surface area contributed by atoms with Gasteiger partial charge >= 0.3 is 0 Å². The van der Waals surface area contributed by atoms with E-state index in [0.29, 0.717) is 23.8 Å². The average Bonchev–Trinajstić information content (AvgIpc) is 3.38. The molecule has 0 unspecified atom stereocenters. The second kappa shape index (κ2) is 11.3. The van der Waals surface area contributed by atoms with Crippen LogP contribution in [-0.4, -0.2) is 32.9 Å². The van der Waals surface area contributed by atoms with Gasteiger partial charge in [0.2, 0.25) is 0 Å². The number of carbonyl (C=O) groups is 1. The van der Waals surface area contributed by atoms with Crippen LogP contribution in [0.4, 0.5) is 0 Å². The third kappa shape index (κ3) is 6.55. The Morgan fingerprint density at radius 2 is 1.82 bits per heavy atom. The molecule has 6 heteroatoms. The van der Waals surface area contributed by atoms with Crippen LogP contribution in [0.5, 0.6) is 5.75 Å². The molecule has 38 heavy (non-hydrogen) atoms. The van der Waals surface area contributed by atoms with Crippen molar-refractivity contribution in [2.45, 2.75) is 66.2 Å².